The summed E-state index contributed by atoms with van der Waals surface area (Å²) < 4.78 is 14.1. The molecule has 1 N–H and O–H groups in total. The Morgan fingerprint density at radius 1 is 1.47 bits per heavy atom. The smallest absolute Gasteiger partial charge is 0.128 e. The molecule has 0 heterocycles. The summed E-state index contributed by atoms with van der Waals surface area (Å²) in [5.74, 6) is -0.172. The minimum Gasteiger partial charge on any atom is -0.309 e. The average molecular weight is 272 g/mol. The largest absolute Gasteiger partial charge is 0.309 e. The molecule has 0 atom stereocenters. The van der Waals surface area contributed by atoms with Crippen molar-refractivity contribution < 1.29 is 4.39 Å². The lowest BCUT2D eigenvalue weighted by Crippen LogP contribution is -2.14. The van der Waals surface area contributed by atoms with Crippen LogP contribution in [-0.4, -0.2) is 6.54 Å². The van der Waals surface area contributed by atoms with Gasteiger partial charge in [-0.1, -0.05) is 33.6 Å². The van der Waals surface area contributed by atoms with Crippen LogP contribution in [0, 0.1) is 5.82 Å². The molecule has 1 rings (SSSR count). The van der Waals surface area contributed by atoms with Crippen LogP contribution in [-0.2, 0) is 6.54 Å². The van der Waals surface area contributed by atoms with E-state index in [4.69, 9.17) is 0 Å². The van der Waals surface area contributed by atoms with Crippen LogP contribution >= 0.6 is 15.9 Å². The first kappa shape index (κ1) is 12.4. The van der Waals surface area contributed by atoms with Gasteiger partial charge >= 0.3 is 0 Å². The molecular formula is C12H15BrFN. The molecule has 0 unspecified atom stereocenters. The van der Waals surface area contributed by atoms with Crippen molar-refractivity contribution in [2.24, 2.45) is 0 Å². The molecule has 1 aromatic carbocycles. The van der Waals surface area contributed by atoms with Gasteiger partial charge in [-0.05, 0) is 26.0 Å². The van der Waals surface area contributed by atoms with Crippen molar-refractivity contribution in [2.45, 2.75) is 20.4 Å². The molecule has 0 fully saturated rings. The summed E-state index contributed by atoms with van der Waals surface area (Å²) in [4.78, 5) is 0. The SMILES string of the molecule is CC(C)=CCNCc1ccc(Br)cc1F. The van der Waals surface area contributed by atoms with Crippen LogP contribution in [0.3, 0.4) is 0 Å². The summed E-state index contributed by atoms with van der Waals surface area (Å²) in [6.07, 6.45) is 2.08. The average Bonchev–Trinajstić information content (AvgIpc) is 2.14. The first-order chi connectivity index (χ1) is 7.09. The highest BCUT2D eigenvalue weighted by Crippen LogP contribution is 2.14. The minimum atomic E-state index is -0.172. The highest BCUT2D eigenvalue weighted by molar-refractivity contribution is 9.10. The van der Waals surface area contributed by atoms with Crippen molar-refractivity contribution in [1.29, 1.82) is 0 Å². The van der Waals surface area contributed by atoms with E-state index in [2.05, 4.69) is 27.3 Å². The third-order valence-corrected chi connectivity index (χ3v) is 2.48. The van der Waals surface area contributed by atoms with Gasteiger partial charge in [0, 0.05) is 23.1 Å². The van der Waals surface area contributed by atoms with Gasteiger partial charge in [0.1, 0.15) is 5.82 Å². The van der Waals surface area contributed by atoms with Gasteiger partial charge < -0.3 is 5.32 Å². The molecule has 0 aliphatic carbocycles. The molecule has 0 aliphatic rings. The van der Waals surface area contributed by atoms with Crippen molar-refractivity contribution in [3.05, 3.63) is 45.7 Å². The Kier molecular flexibility index (Phi) is 4.99. The van der Waals surface area contributed by atoms with Crippen LogP contribution in [0.2, 0.25) is 0 Å². The van der Waals surface area contributed by atoms with Gasteiger partial charge in [-0.3, -0.25) is 0 Å². The van der Waals surface area contributed by atoms with Gasteiger partial charge in [0.05, 0.1) is 0 Å². The fraction of sp³-hybridized carbons (Fsp3) is 0.333. The zero-order valence-corrected chi connectivity index (χ0v) is 10.6. The summed E-state index contributed by atoms with van der Waals surface area (Å²) in [6, 6.07) is 5.12. The van der Waals surface area contributed by atoms with E-state index in [1.807, 2.05) is 19.9 Å². The van der Waals surface area contributed by atoms with E-state index in [1.54, 1.807) is 6.07 Å². The maximum absolute atomic E-state index is 13.4. The van der Waals surface area contributed by atoms with E-state index in [-0.39, 0.29) is 5.82 Å². The fourth-order valence-corrected chi connectivity index (χ4v) is 1.48. The van der Waals surface area contributed by atoms with Crippen molar-refractivity contribution >= 4 is 15.9 Å². The predicted molar refractivity (Wildman–Crippen MR) is 65.2 cm³/mol. The van der Waals surface area contributed by atoms with Crippen LogP contribution in [0.1, 0.15) is 19.4 Å². The molecule has 82 valence electrons. The zero-order chi connectivity index (χ0) is 11.3. The third-order valence-electron chi connectivity index (χ3n) is 1.99. The topological polar surface area (TPSA) is 12.0 Å². The number of benzene rings is 1. The number of rotatable bonds is 4. The second kappa shape index (κ2) is 6.03. The molecule has 0 amide bonds. The Bertz CT molecular complexity index is 357. The summed E-state index contributed by atoms with van der Waals surface area (Å²) in [5, 5.41) is 3.16. The van der Waals surface area contributed by atoms with Crippen LogP contribution in [0.25, 0.3) is 0 Å². The van der Waals surface area contributed by atoms with E-state index in [1.165, 1.54) is 11.6 Å². The Hall–Kier alpha value is -0.670. The molecule has 0 radical (unpaired) electrons. The molecule has 0 bridgehead atoms. The molecule has 1 nitrogen and oxygen atoms in total. The molecule has 0 saturated carbocycles. The van der Waals surface area contributed by atoms with Crippen molar-refractivity contribution in [1.82, 2.24) is 5.32 Å². The van der Waals surface area contributed by atoms with Crippen LogP contribution in [0.5, 0.6) is 0 Å². The summed E-state index contributed by atoms with van der Waals surface area (Å²) in [5.41, 5.74) is 1.96. The maximum atomic E-state index is 13.4. The lowest BCUT2D eigenvalue weighted by Gasteiger charge is -2.04. The molecule has 0 aromatic heterocycles. The minimum absolute atomic E-state index is 0.172. The van der Waals surface area contributed by atoms with Gasteiger partial charge in [0.15, 0.2) is 0 Å². The van der Waals surface area contributed by atoms with Gasteiger partial charge in [-0.2, -0.15) is 0 Å². The Morgan fingerprint density at radius 2 is 2.20 bits per heavy atom. The number of hydrogen-bond donors (Lipinski definition) is 1. The standard InChI is InChI=1S/C12H15BrFN/c1-9(2)5-6-15-8-10-3-4-11(13)7-12(10)14/h3-5,7,15H,6,8H2,1-2H3. The van der Waals surface area contributed by atoms with Gasteiger partial charge in [0.2, 0.25) is 0 Å². The molecule has 1 aromatic rings. The van der Waals surface area contributed by atoms with Crippen LogP contribution < -0.4 is 5.32 Å². The van der Waals surface area contributed by atoms with Gasteiger partial charge in [-0.25, -0.2) is 4.39 Å². The maximum Gasteiger partial charge on any atom is 0.128 e. The van der Waals surface area contributed by atoms with Crippen LogP contribution in [0.15, 0.2) is 34.3 Å². The highest BCUT2D eigenvalue weighted by Gasteiger charge is 2.00. The third kappa shape index (κ3) is 4.58. The second-order valence-electron chi connectivity index (χ2n) is 3.65. The van der Waals surface area contributed by atoms with E-state index in [9.17, 15) is 4.39 Å². The summed E-state index contributed by atoms with van der Waals surface area (Å²) in [6.45, 7) is 5.42. The zero-order valence-electron chi connectivity index (χ0n) is 8.98. The summed E-state index contributed by atoms with van der Waals surface area (Å²) in [7, 11) is 0. The molecule has 0 spiro atoms. The molecule has 15 heavy (non-hydrogen) atoms. The molecular weight excluding hydrogens is 257 g/mol. The van der Waals surface area contributed by atoms with E-state index < -0.39 is 0 Å². The lowest BCUT2D eigenvalue weighted by molar-refractivity contribution is 0.595. The Labute approximate surface area is 98.5 Å². The second-order valence-corrected chi connectivity index (χ2v) is 4.56. The van der Waals surface area contributed by atoms with E-state index in [0.717, 1.165) is 11.0 Å². The predicted octanol–water partition coefficient (Wildman–Crippen LogP) is 3.64. The van der Waals surface area contributed by atoms with E-state index >= 15 is 0 Å². The van der Waals surface area contributed by atoms with Crippen LogP contribution in [0.4, 0.5) is 4.39 Å². The van der Waals surface area contributed by atoms with Gasteiger partial charge in [0.25, 0.3) is 0 Å². The number of nitrogens with one attached hydrogen (secondary N) is 1. The first-order valence-corrected chi connectivity index (χ1v) is 5.67. The number of allylic oxidation sites excluding steroid dienone is 1. The quantitative estimate of drug-likeness (QED) is 0.651. The van der Waals surface area contributed by atoms with Gasteiger partial charge in [-0.15, -0.1) is 0 Å². The number of hydrogen-bond acceptors (Lipinski definition) is 1. The fourth-order valence-electron chi connectivity index (χ4n) is 1.15. The Morgan fingerprint density at radius 3 is 2.80 bits per heavy atom. The van der Waals surface area contributed by atoms with Crippen molar-refractivity contribution in [2.75, 3.05) is 6.54 Å². The summed E-state index contributed by atoms with van der Waals surface area (Å²) >= 11 is 3.23. The molecule has 0 saturated heterocycles. The normalized spacial score (nSPS) is 10.1. The number of halogens is 2. The Balaban J connectivity index is 2.47. The highest BCUT2D eigenvalue weighted by atomic mass is 79.9. The first-order valence-electron chi connectivity index (χ1n) is 4.87. The van der Waals surface area contributed by atoms with E-state index in [0.29, 0.717) is 12.1 Å². The molecule has 0 aliphatic heterocycles. The van der Waals surface area contributed by atoms with Crippen molar-refractivity contribution in [3.63, 3.8) is 0 Å². The lowest BCUT2D eigenvalue weighted by atomic mass is 10.2. The molecule has 3 heteroatoms. The monoisotopic (exact) mass is 271 g/mol. The van der Waals surface area contributed by atoms with Crippen molar-refractivity contribution in [3.8, 4) is 0 Å².